The Morgan fingerprint density at radius 2 is 2.17 bits per heavy atom. The molecule has 0 amide bonds. The first-order valence-corrected chi connectivity index (χ1v) is 6.45. The van der Waals surface area contributed by atoms with Crippen molar-refractivity contribution >= 4 is 9.93 Å². The molecule has 0 aliphatic heterocycles. The highest BCUT2D eigenvalue weighted by Crippen LogP contribution is 2.21. The van der Waals surface area contributed by atoms with Crippen LogP contribution in [-0.2, 0) is 14.1 Å². The standard InChI is InChI=1S/C9H14O2S/c1-12(2,11)7-8-4-3-5-9(10)6-8/h6-7H,3-5H2,1-2H3/p+1. The lowest BCUT2D eigenvalue weighted by molar-refractivity contribution is 0.377. The molecule has 0 aromatic carbocycles. The highest BCUT2D eigenvalue weighted by atomic mass is 32.2. The van der Waals surface area contributed by atoms with E-state index in [9.17, 15) is 9.32 Å². The van der Waals surface area contributed by atoms with E-state index in [2.05, 4.69) is 0 Å². The Bertz CT molecular complexity index is 270. The highest BCUT2D eigenvalue weighted by Gasteiger charge is 2.13. The van der Waals surface area contributed by atoms with Gasteiger partial charge in [0.05, 0.1) is 5.76 Å². The van der Waals surface area contributed by atoms with E-state index in [0.717, 1.165) is 24.8 Å². The van der Waals surface area contributed by atoms with Crippen LogP contribution in [0.1, 0.15) is 19.3 Å². The number of aliphatic hydroxyl groups is 1. The van der Waals surface area contributed by atoms with E-state index in [0.29, 0.717) is 5.76 Å². The van der Waals surface area contributed by atoms with Gasteiger partial charge in [-0.15, -0.1) is 4.21 Å². The lowest BCUT2D eigenvalue weighted by Crippen LogP contribution is -2.02. The molecule has 0 saturated heterocycles. The summed E-state index contributed by atoms with van der Waals surface area (Å²) in [6, 6.07) is 0. The Labute approximate surface area is 74.4 Å². The Kier molecular flexibility index (Phi) is 2.73. The normalized spacial score (nSPS) is 22.5. The van der Waals surface area contributed by atoms with Crippen LogP contribution in [0.4, 0.5) is 0 Å². The van der Waals surface area contributed by atoms with Crippen molar-refractivity contribution in [2.24, 2.45) is 0 Å². The van der Waals surface area contributed by atoms with Gasteiger partial charge in [0, 0.05) is 12.0 Å². The van der Waals surface area contributed by atoms with Gasteiger partial charge in [-0.25, -0.2) is 0 Å². The summed E-state index contributed by atoms with van der Waals surface area (Å²) in [5.41, 5.74) is 1.01. The summed E-state index contributed by atoms with van der Waals surface area (Å²) >= 11 is 0. The van der Waals surface area contributed by atoms with Gasteiger partial charge in [0.1, 0.15) is 27.9 Å². The van der Waals surface area contributed by atoms with Crippen molar-refractivity contribution in [3.63, 3.8) is 0 Å². The van der Waals surface area contributed by atoms with E-state index in [4.69, 9.17) is 0 Å². The summed E-state index contributed by atoms with van der Waals surface area (Å²) < 4.78 is 11.4. The van der Waals surface area contributed by atoms with Crippen LogP contribution in [0, 0.1) is 0 Å². The Hall–Kier alpha value is -0.570. The summed E-state index contributed by atoms with van der Waals surface area (Å²) in [4.78, 5) is 0. The van der Waals surface area contributed by atoms with Gasteiger partial charge in [-0.1, -0.05) is 0 Å². The van der Waals surface area contributed by atoms with Crippen LogP contribution in [-0.4, -0.2) is 17.6 Å². The van der Waals surface area contributed by atoms with E-state index in [1.54, 1.807) is 24.0 Å². The molecule has 1 aliphatic carbocycles. The Morgan fingerprint density at radius 3 is 2.67 bits per heavy atom. The molecule has 0 aromatic heterocycles. The molecule has 0 atom stereocenters. The third-order valence-electron chi connectivity index (χ3n) is 1.69. The molecule has 12 heavy (non-hydrogen) atoms. The molecule has 0 saturated carbocycles. The molecule has 0 fully saturated rings. The van der Waals surface area contributed by atoms with E-state index in [1.807, 2.05) is 0 Å². The van der Waals surface area contributed by atoms with Crippen molar-refractivity contribution in [2.45, 2.75) is 19.3 Å². The molecule has 0 spiro atoms. The fourth-order valence-electron chi connectivity index (χ4n) is 1.29. The van der Waals surface area contributed by atoms with E-state index >= 15 is 0 Å². The Balaban J connectivity index is 2.83. The lowest BCUT2D eigenvalue weighted by Gasteiger charge is -2.09. The van der Waals surface area contributed by atoms with Gasteiger partial charge in [0.2, 0.25) is 0 Å². The summed E-state index contributed by atoms with van der Waals surface area (Å²) in [6.45, 7) is 0. The molecule has 3 heteroatoms. The number of rotatable bonds is 1. The molecule has 0 unspecified atom stereocenters. The van der Waals surface area contributed by atoms with Crippen molar-refractivity contribution < 1.29 is 9.32 Å². The number of allylic oxidation sites excluding steroid dienone is 3. The van der Waals surface area contributed by atoms with Crippen molar-refractivity contribution in [1.82, 2.24) is 0 Å². The van der Waals surface area contributed by atoms with E-state index in [-0.39, 0.29) is 0 Å². The fraction of sp³-hybridized carbons (Fsp3) is 0.556. The maximum absolute atomic E-state index is 11.4. The number of hydrogen-bond acceptors (Lipinski definition) is 2. The summed E-state index contributed by atoms with van der Waals surface area (Å²) in [5, 5.41) is 11.0. The van der Waals surface area contributed by atoms with Gasteiger partial charge in [-0.3, -0.25) is 0 Å². The van der Waals surface area contributed by atoms with Crippen molar-refractivity contribution in [2.75, 3.05) is 12.5 Å². The zero-order chi connectivity index (χ0) is 9.19. The zero-order valence-corrected chi connectivity index (χ0v) is 8.36. The van der Waals surface area contributed by atoms with Gasteiger partial charge in [0.25, 0.3) is 0 Å². The van der Waals surface area contributed by atoms with Gasteiger partial charge in [0.15, 0.2) is 0 Å². The highest BCUT2D eigenvalue weighted by molar-refractivity contribution is 8.04. The van der Waals surface area contributed by atoms with Gasteiger partial charge in [-0.05, 0) is 18.9 Å². The van der Waals surface area contributed by atoms with Crippen molar-refractivity contribution in [3.8, 4) is 0 Å². The number of aliphatic hydroxyl groups excluding tert-OH is 1. The molecule has 1 N–H and O–H groups in total. The first-order valence-electron chi connectivity index (χ1n) is 4.02. The zero-order valence-electron chi connectivity index (χ0n) is 7.54. The van der Waals surface area contributed by atoms with E-state index in [1.165, 1.54) is 0 Å². The second kappa shape index (κ2) is 3.44. The summed E-state index contributed by atoms with van der Waals surface area (Å²) in [5.74, 6) is 0.413. The monoisotopic (exact) mass is 187 g/mol. The van der Waals surface area contributed by atoms with E-state index < -0.39 is 9.93 Å². The van der Waals surface area contributed by atoms with Crippen LogP contribution in [0.3, 0.4) is 0 Å². The van der Waals surface area contributed by atoms with Crippen LogP contribution in [0.15, 0.2) is 22.8 Å². The molecule has 0 aromatic rings. The van der Waals surface area contributed by atoms with Crippen LogP contribution in [0.25, 0.3) is 0 Å². The second-order valence-electron chi connectivity index (χ2n) is 3.49. The molecular weight excluding hydrogens is 172 g/mol. The molecule has 0 bridgehead atoms. The first-order chi connectivity index (χ1) is 5.47. The molecule has 0 heterocycles. The summed E-state index contributed by atoms with van der Waals surface area (Å²) in [6.07, 6.45) is 7.80. The minimum Gasteiger partial charge on any atom is -0.512 e. The van der Waals surface area contributed by atoms with Crippen LogP contribution in [0.5, 0.6) is 0 Å². The third kappa shape index (κ3) is 3.22. The Morgan fingerprint density at radius 1 is 1.50 bits per heavy atom. The minimum absolute atomic E-state index is 0.413. The molecule has 68 valence electrons. The van der Waals surface area contributed by atoms with Crippen molar-refractivity contribution in [1.29, 1.82) is 0 Å². The molecule has 1 rings (SSSR count). The SMILES string of the molecule is C[S+](C)(=O)/C=C1\C=C(O)CCC1. The van der Waals surface area contributed by atoms with Crippen LogP contribution >= 0.6 is 0 Å². The quantitative estimate of drug-likeness (QED) is 0.639. The average Bonchev–Trinajstić information content (AvgIpc) is 1.82. The topological polar surface area (TPSA) is 37.3 Å². The summed E-state index contributed by atoms with van der Waals surface area (Å²) in [7, 11) is -1.81. The smallest absolute Gasteiger partial charge is 0.125 e. The van der Waals surface area contributed by atoms with Crippen LogP contribution < -0.4 is 0 Å². The third-order valence-corrected chi connectivity index (χ3v) is 2.56. The maximum Gasteiger partial charge on any atom is 0.125 e. The van der Waals surface area contributed by atoms with Crippen molar-refractivity contribution in [3.05, 3.63) is 22.8 Å². The second-order valence-corrected chi connectivity index (χ2v) is 6.35. The lowest BCUT2D eigenvalue weighted by atomic mass is 10.0. The molecule has 1 aliphatic rings. The molecular formula is C9H15O2S+. The van der Waals surface area contributed by atoms with Gasteiger partial charge in [-0.2, -0.15) is 0 Å². The number of hydrogen-bond donors (Lipinski definition) is 1. The molecule has 0 radical (unpaired) electrons. The maximum atomic E-state index is 11.4. The fourth-order valence-corrected chi connectivity index (χ4v) is 2.20. The predicted octanol–water partition coefficient (Wildman–Crippen LogP) is 2.26. The molecule has 2 nitrogen and oxygen atoms in total. The average molecular weight is 187 g/mol. The first kappa shape index (κ1) is 9.52. The van der Waals surface area contributed by atoms with Gasteiger partial charge >= 0.3 is 0 Å². The predicted molar refractivity (Wildman–Crippen MR) is 52.5 cm³/mol. The van der Waals surface area contributed by atoms with Crippen LogP contribution in [0.2, 0.25) is 0 Å². The largest absolute Gasteiger partial charge is 0.512 e. The minimum atomic E-state index is -1.81. The van der Waals surface area contributed by atoms with Gasteiger partial charge < -0.3 is 5.11 Å².